The van der Waals surface area contributed by atoms with E-state index in [2.05, 4.69) is 11.0 Å². The van der Waals surface area contributed by atoms with Crippen molar-refractivity contribution in [2.24, 2.45) is 0 Å². The number of nitrogens with one attached hydrogen (secondary N) is 2. The maximum Gasteiger partial charge on any atom is 0.150 e. The zero-order valence-corrected chi connectivity index (χ0v) is 6.66. The third kappa shape index (κ3) is 0.931. The fraction of sp³-hybridized carbons (Fsp3) is 0.125. The third-order valence-electron chi connectivity index (χ3n) is 1.88. The third-order valence-corrected chi connectivity index (χ3v) is 1.88. The van der Waals surface area contributed by atoms with Gasteiger partial charge >= 0.3 is 0 Å². The Morgan fingerprint density at radius 2 is 2.33 bits per heavy atom. The number of hydrazine groups is 2. The summed E-state index contributed by atoms with van der Waals surface area (Å²) in [4.78, 5) is 10.4. The predicted molar refractivity (Wildman–Crippen MR) is 47.0 cm³/mol. The Morgan fingerprint density at radius 3 is 3.08 bits per heavy atom. The molecule has 0 radical (unpaired) electrons. The van der Waals surface area contributed by atoms with Crippen molar-refractivity contribution in [1.82, 2.24) is 5.53 Å². The molecule has 4 heteroatoms. The van der Waals surface area contributed by atoms with Crippen LogP contribution in [-0.2, 0) is 0 Å². The molecule has 4 nitrogen and oxygen atoms in total. The second-order valence-electron chi connectivity index (χ2n) is 2.69. The molecule has 0 fully saturated rings. The van der Waals surface area contributed by atoms with Crippen LogP contribution < -0.4 is 16.0 Å². The average molecular weight is 163 g/mol. The van der Waals surface area contributed by atoms with Crippen molar-refractivity contribution in [3.8, 4) is 0 Å². The van der Waals surface area contributed by atoms with Crippen molar-refractivity contribution in [2.75, 3.05) is 17.5 Å². The van der Waals surface area contributed by atoms with Gasteiger partial charge in [-0.15, -0.1) is 5.53 Å². The molecule has 1 aromatic rings. The summed E-state index contributed by atoms with van der Waals surface area (Å²) in [7, 11) is 1.90. The highest BCUT2D eigenvalue weighted by atomic mass is 16.1. The van der Waals surface area contributed by atoms with Gasteiger partial charge in [-0.2, -0.15) is 0 Å². The number of carbonyl (C=O) groups excluding carboxylic acids is 1. The lowest BCUT2D eigenvalue weighted by Crippen LogP contribution is -2.31. The molecule has 2 rings (SSSR count). The van der Waals surface area contributed by atoms with Crippen LogP contribution in [0.5, 0.6) is 0 Å². The Morgan fingerprint density at radius 1 is 1.50 bits per heavy atom. The SMILES string of the molecule is CN1NNc2cc(C=O)ccc21. The number of benzene rings is 1. The van der Waals surface area contributed by atoms with Crippen molar-refractivity contribution in [1.29, 1.82) is 0 Å². The molecule has 0 bridgehead atoms. The second-order valence-corrected chi connectivity index (χ2v) is 2.69. The minimum atomic E-state index is 0.679. The van der Waals surface area contributed by atoms with Crippen LogP contribution >= 0.6 is 0 Å². The molecule has 62 valence electrons. The number of rotatable bonds is 1. The molecule has 0 spiro atoms. The van der Waals surface area contributed by atoms with Gasteiger partial charge in [0.1, 0.15) is 6.29 Å². The Kier molecular flexibility index (Phi) is 1.48. The van der Waals surface area contributed by atoms with Gasteiger partial charge in [-0.1, -0.05) is 0 Å². The van der Waals surface area contributed by atoms with E-state index in [0.29, 0.717) is 5.56 Å². The summed E-state index contributed by atoms with van der Waals surface area (Å²) in [5.74, 6) is 0. The Bertz CT molecular complexity index is 324. The summed E-state index contributed by atoms with van der Waals surface area (Å²) in [6.07, 6.45) is 0.834. The topological polar surface area (TPSA) is 44.4 Å². The molecule has 0 saturated carbocycles. The second kappa shape index (κ2) is 2.49. The first kappa shape index (κ1) is 7.12. The number of aldehydes is 1. The number of carbonyl (C=O) groups is 1. The van der Waals surface area contributed by atoms with Crippen LogP contribution in [0.15, 0.2) is 18.2 Å². The monoisotopic (exact) mass is 163 g/mol. The summed E-state index contributed by atoms with van der Waals surface area (Å²) in [5, 5.41) is 1.85. The quantitative estimate of drug-likeness (QED) is 0.600. The molecular weight excluding hydrogens is 154 g/mol. The average Bonchev–Trinajstić information content (AvgIpc) is 2.47. The normalized spacial score (nSPS) is 13.9. The smallest absolute Gasteiger partial charge is 0.150 e. The Labute approximate surface area is 70.1 Å². The van der Waals surface area contributed by atoms with Crippen molar-refractivity contribution < 1.29 is 4.79 Å². The maximum atomic E-state index is 10.4. The number of hydrogen-bond donors (Lipinski definition) is 2. The minimum absolute atomic E-state index is 0.679. The van der Waals surface area contributed by atoms with Crippen molar-refractivity contribution >= 4 is 17.7 Å². The van der Waals surface area contributed by atoms with Crippen molar-refractivity contribution in [3.63, 3.8) is 0 Å². The summed E-state index contributed by atoms with van der Waals surface area (Å²) >= 11 is 0. The summed E-state index contributed by atoms with van der Waals surface area (Å²) in [6, 6.07) is 5.49. The Balaban J connectivity index is 2.48. The zero-order valence-electron chi connectivity index (χ0n) is 6.66. The van der Waals surface area contributed by atoms with E-state index >= 15 is 0 Å². The molecule has 0 aromatic heterocycles. The van der Waals surface area contributed by atoms with Crippen molar-refractivity contribution in [2.45, 2.75) is 0 Å². The molecule has 0 unspecified atom stereocenters. The highest BCUT2D eigenvalue weighted by Crippen LogP contribution is 2.27. The summed E-state index contributed by atoms with van der Waals surface area (Å²) in [6.45, 7) is 0. The van der Waals surface area contributed by atoms with Crippen LogP contribution in [0.2, 0.25) is 0 Å². The zero-order chi connectivity index (χ0) is 8.55. The first-order valence-electron chi connectivity index (χ1n) is 3.66. The fourth-order valence-corrected chi connectivity index (χ4v) is 1.22. The molecule has 1 aliphatic heterocycles. The van der Waals surface area contributed by atoms with Crippen LogP contribution in [0.25, 0.3) is 0 Å². The van der Waals surface area contributed by atoms with Crippen LogP contribution in [0, 0.1) is 0 Å². The molecule has 1 aromatic carbocycles. The van der Waals surface area contributed by atoms with Gasteiger partial charge in [-0.05, 0) is 18.2 Å². The van der Waals surface area contributed by atoms with Gasteiger partial charge in [-0.3, -0.25) is 9.80 Å². The van der Waals surface area contributed by atoms with Gasteiger partial charge in [0.25, 0.3) is 0 Å². The van der Waals surface area contributed by atoms with Crippen LogP contribution in [0.3, 0.4) is 0 Å². The van der Waals surface area contributed by atoms with Gasteiger partial charge in [0.15, 0.2) is 0 Å². The molecular formula is C8H9N3O. The molecule has 2 N–H and O–H groups in total. The van der Waals surface area contributed by atoms with E-state index < -0.39 is 0 Å². The van der Waals surface area contributed by atoms with Gasteiger partial charge in [0.2, 0.25) is 0 Å². The molecule has 0 amide bonds. The summed E-state index contributed by atoms with van der Waals surface area (Å²) in [5.41, 5.74) is 8.50. The van der Waals surface area contributed by atoms with Crippen molar-refractivity contribution in [3.05, 3.63) is 23.8 Å². The molecule has 0 saturated heterocycles. The van der Waals surface area contributed by atoms with E-state index in [0.717, 1.165) is 17.7 Å². The summed E-state index contributed by atoms with van der Waals surface area (Å²) < 4.78 is 0. The first-order chi connectivity index (χ1) is 5.81. The lowest BCUT2D eigenvalue weighted by Gasteiger charge is -2.08. The highest BCUT2D eigenvalue weighted by Gasteiger charge is 2.13. The van der Waals surface area contributed by atoms with Gasteiger partial charge in [0, 0.05) is 12.6 Å². The number of nitrogens with zero attached hydrogens (tertiary/aromatic N) is 1. The number of anilines is 2. The van der Waals surface area contributed by atoms with Gasteiger partial charge in [0.05, 0.1) is 11.4 Å². The maximum absolute atomic E-state index is 10.4. The standard InChI is InChI=1S/C8H9N3O/c1-11-8-3-2-6(5-12)4-7(8)9-10-11/h2-5,9-10H,1H3. The van der Waals surface area contributed by atoms with E-state index in [1.165, 1.54) is 0 Å². The van der Waals surface area contributed by atoms with Gasteiger partial charge in [-0.25, -0.2) is 0 Å². The minimum Gasteiger partial charge on any atom is -0.302 e. The first-order valence-corrected chi connectivity index (χ1v) is 3.66. The molecule has 1 aliphatic rings. The van der Waals surface area contributed by atoms with Crippen LogP contribution in [0.1, 0.15) is 10.4 Å². The van der Waals surface area contributed by atoms with E-state index in [1.807, 2.05) is 18.1 Å². The molecule has 0 atom stereocenters. The lowest BCUT2D eigenvalue weighted by molar-refractivity contribution is 0.112. The van der Waals surface area contributed by atoms with Gasteiger partial charge < -0.3 is 5.43 Å². The van der Waals surface area contributed by atoms with E-state index in [4.69, 9.17) is 0 Å². The number of fused-ring (bicyclic) bond motifs is 1. The lowest BCUT2D eigenvalue weighted by atomic mass is 10.2. The Hall–Kier alpha value is -1.55. The van der Waals surface area contributed by atoms with E-state index in [9.17, 15) is 4.79 Å². The molecule has 12 heavy (non-hydrogen) atoms. The fourth-order valence-electron chi connectivity index (χ4n) is 1.22. The van der Waals surface area contributed by atoms with E-state index in [1.54, 1.807) is 12.1 Å². The van der Waals surface area contributed by atoms with Crippen LogP contribution in [-0.4, -0.2) is 13.3 Å². The van der Waals surface area contributed by atoms with E-state index in [-0.39, 0.29) is 0 Å². The highest BCUT2D eigenvalue weighted by molar-refractivity contribution is 5.83. The molecule has 1 heterocycles. The largest absolute Gasteiger partial charge is 0.302 e. The van der Waals surface area contributed by atoms with Crippen LogP contribution in [0.4, 0.5) is 11.4 Å². The molecule has 0 aliphatic carbocycles. The predicted octanol–water partition coefficient (Wildman–Crippen LogP) is 0.780. The number of hydrogen-bond acceptors (Lipinski definition) is 4.